The molecule has 2 saturated carbocycles. The molecule has 0 bridgehead atoms. The summed E-state index contributed by atoms with van der Waals surface area (Å²) in [6, 6.07) is 1.89. The first kappa shape index (κ1) is 15.8. The van der Waals surface area contributed by atoms with Gasteiger partial charge in [0.2, 0.25) is 5.28 Å². The molecule has 0 saturated heterocycles. The predicted molar refractivity (Wildman–Crippen MR) is 91.4 cm³/mol. The Kier molecular flexibility index (Phi) is 4.14. The SMILES string of the molecule is NC1(n2cc([C@@H](Nc3ccnc(Cl)n3)C3CCCCC3)nn2)CC1. The first-order chi connectivity index (χ1) is 11.6. The summed E-state index contributed by atoms with van der Waals surface area (Å²) in [7, 11) is 0. The number of halogens is 1. The van der Waals surface area contributed by atoms with Crippen molar-refractivity contribution in [2.75, 3.05) is 5.32 Å². The fourth-order valence-corrected chi connectivity index (χ4v) is 3.62. The van der Waals surface area contributed by atoms with Crippen LogP contribution < -0.4 is 11.1 Å². The number of rotatable bonds is 5. The molecule has 0 amide bonds. The molecule has 2 aromatic rings. The van der Waals surface area contributed by atoms with Gasteiger partial charge in [0.15, 0.2) is 0 Å². The molecule has 0 aliphatic heterocycles. The standard InChI is InChI=1S/C16H22ClN7/c17-15-19-9-6-13(21-15)20-14(11-4-2-1-3-5-11)12-10-24(23-22-12)16(18)7-8-16/h6,9-11,14H,1-5,7-8,18H2,(H,19,20,21)/t14-/m0/s1. The van der Waals surface area contributed by atoms with E-state index in [1.54, 1.807) is 6.20 Å². The van der Waals surface area contributed by atoms with Gasteiger partial charge in [0, 0.05) is 6.20 Å². The summed E-state index contributed by atoms with van der Waals surface area (Å²) < 4.78 is 1.81. The summed E-state index contributed by atoms with van der Waals surface area (Å²) >= 11 is 5.92. The van der Waals surface area contributed by atoms with E-state index in [4.69, 9.17) is 17.3 Å². The van der Waals surface area contributed by atoms with Gasteiger partial charge in [-0.2, -0.15) is 0 Å². The fraction of sp³-hybridized carbons (Fsp3) is 0.625. The van der Waals surface area contributed by atoms with E-state index in [0.717, 1.165) is 18.5 Å². The van der Waals surface area contributed by atoms with Crippen LogP contribution in [0.25, 0.3) is 0 Å². The molecule has 4 rings (SSSR count). The minimum absolute atomic E-state index is 0.0624. The summed E-state index contributed by atoms with van der Waals surface area (Å²) in [5.74, 6) is 1.22. The normalized spacial score (nSPS) is 21.4. The van der Waals surface area contributed by atoms with Crippen molar-refractivity contribution in [2.24, 2.45) is 11.7 Å². The molecule has 2 fully saturated rings. The topological polar surface area (TPSA) is 94.5 Å². The third kappa shape index (κ3) is 3.23. The number of nitrogens with zero attached hydrogens (tertiary/aromatic N) is 5. The maximum absolute atomic E-state index is 6.23. The molecule has 2 aromatic heterocycles. The molecule has 8 heteroatoms. The number of nitrogens with two attached hydrogens (primary N) is 1. The Bertz CT molecular complexity index is 706. The van der Waals surface area contributed by atoms with E-state index in [0.29, 0.717) is 11.7 Å². The van der Waals surface area contributed by atoms with Crippen LogP contribution >= 0.6 is 11.6 Å². The Hall–Kier alpha value is -1.73. The smallest absolute Gasteiger partial charge is 0.224 e. The highest BCUT2D eigenvalue weighted by molar-refractivity contribution is 6.28. The van der Waals surface area contributed by atoms with Gasteiger partial charge in [-0.05, 0) is 49.3 Å². The van der Waals surface area contributed by atoms with E-state index in [9.17, 15) is 0 Å². The van der Waals surface area contributed by atoms with Crippen LogP contribution in [0.1, 0.15) is 56.7 Å². The molecular formula is C16H22ClN7. The minimum Gasteiger partial charge on any atom is -0.361 e. The van der Waals surface area contributed by atoms with Crippen molar-refractivity contribution in [3.8, 4) is 0 Å². The molecule has 128 valence electrons. The quantitative estimate of drug-likeness (QED) is 0.807. The summed E-state index contributed by atoms with van der Waals surface area (Å²) in [5, 5.41) is 12.4. The Morgan fingerprint density at radius 3 is 2.79 bits per heavy atom. The van der Waals surface area contributed by atoms with Crippen LogP contribution in [0.4, 0.5) is 5.82 Å². The summed E-state index contributed by atoms with van der Waals surface area (Å²) in [6.07, 6.45) is 11.7. The summed E-state index contributed by atoms with van der Waals surface area (Å²) in [6.45, 7) is 0. The third-order valence-electron chi connectivity index (χ3n) is 5.10. The van der Waals surface area contributed by atoms with Crippen molar-refractivity contribution >= 4 is 17.4 Å². The van der Waals surface area contributed by atoms with E-state index in [1.165, 1.54) is 32.1 Å². The van der Waals surface area contributed by atoms with Gasteiger partial charge in [0.25, 0.3) is 0 Å². The number of hydrogen-bond donors (Lipinski definition) is 2. The predicted octanol–water partition coefficient (Wildman–Crippen LogP) is 2.86. The van der Waals surface area contributed by atoms with Gasteiger partial charge < -0.3 is 11.1 Å². The zero-order valence-corrected chi connectivity index (χ0v) is 14.3. The summed E-state index contributed by atoms with van der Waals surface area (Å²) in [5.41, 5.74) is 6.83. The first-order valence-corrected chi connectivity index (χ1v) is 8.99. The molecule has 24 heavy (non-hydrogen) atoms. The second kappa shape index (κ2) is 6.29. The Morgan fingerprint density at radius 1 is 1.29 bits per heavy atom. The summed E-state index contributed by atoms with van der Waals surface area (Å²) in [4.78, 5) is 8.21. The molecule has 1 atom stereocenters. The van der Waals surface area contributed by atoms with Gasteiger partial charge in [-0.3, -0.25) is 0 Å². The van der Waals surface area contributed by atoms with Crippen LogP contribution in [-0.2, 0) is 5.66 Å². The lowest BCUT2D eigenvalue weighted by Crippen LogP contribution is -2.28. The van der Waals surface area contributed by atoms with E-state index in [1.807, 2.05) is 16.9 Å². The van der Waals surface area contributed by atoms with E-state index in [-0.39, 0.29) is 17.0 Å². The molecule has 0 radical (unpaired) electrons. The van der Waals surface area contributed by atoms with Crippen molar-refractivity contribution in [3.05, 3.63) is 29.4 Å². The largest absolute Gasteiger partial charge is 0.361 e. The Labute approximate surface area is 146 Å². The zero-order chi connectivity index (χ0) is 16.6. The van der Waals surface area contributed by atoms with E-state index in [2.05, 4.69) is 25.6 Å². The molecule has 2 aliphatic rings. The van der Waals surface area contributed by atoms with Crippen LogP contribution in [0.3, 0.4) is 0 Å². The van der Waals surface area contributed by atoms with Crippen molar-refractivity contribution in [1.82, 2.24) is 25.0 Å². The second-order valence-corrected chi connectivity index (χ2v) is 7.26. The number of anilines is 1. The molecule has 0 aromatic carbocycles. The van der Waals surface area contributed by atoms with Gasteiger partial charge in [-0.25, -0.2) is 14.6 Å². The van der Waals surface area contributed by atoms with Crippen LogP contribution in [0, 0.1) is 5.92 Å². The van der Waals surface area contributed by atoms with Crippen molar-refractivity contribution in [1.29, 1.82) is 0 Å². The molecule has 0 unspecified atom stereocenters. The maximum Gasteiger partial charge on any atom is 0.224 e. The van der Waals surface area contributed by atoms with Crippen molar-refractivity contribution < 1.29 is 0 Å². The lowest BCUT2D eigenvalue weighted by molar-refractivity contribution is 0.317. The fourth-order valence-electron chi connectivity index (χ4n) is 3.47. The highest BCUT2D eigenvalue weighted by atomic mass is 35.5. The lowest BCUT2D eigenvalue weighted by Gasteiger charge is -2.30. The second-order valence-electron chi connectivity index (χ2n) is 6.92. The van der Waals surface area contributed by atoms with Gasteiger partial charge >= 0.3 is 0 Å². The zero-order valence-electron chi connectivity index (χ0n) is 13.5. The number of aromatic nitrogens is 5. The van der Waals surface area contributed by atoms with E-state index < -0.39 is 0 Å². The van der Waals surface area contributed by atoms with Crippen LogP contribution in [0.2, 0.25) is 5.28 Å². The molecular weight excluding hydrogens is 326 g/mol. The average Bonchev–Trinajstić information content (AvgIpc) is 3.15. The molecule has 2 aliphatic carbocycles. The van der Waals surface area contributed by atoms with Crippen LogP contribution in [-0.4, -0.2) is 25.0 Å². The monoisotopic (exact) mass is 347 g/mol. The number of nitrogens with one attached hydrogen (secondary N) is 1. The molecule has 3 N–H and O–H groups in total. The Morgan fingerprint density at radius 2 is 2.08 bits per heavy atom. The maximum atomic E-state index is 6.23. The van der Waals surface area contributed by atoms with Gasteiger partial charge in [0.1, 0.15) is 17.2 Å². The van der Waals surface area contributed by atoms with Crippen LogP contribution in [0.15, 0.2) is 18.5 Å². The Balaban J connectivity index is 1.60. The van der Waals surface area contributed by atoms with Gasteiger partial charge in [-0.1, -0.05) is 24.5 Å². The minimum atomic E-state index is -0.333. The van der Waals surface area contributed by atoms with Crippen molar-refractivity contribution in [2.45, 2.75) is 56.7 Å². The molecule has 7 nitrogen and oxygen atoms in total. The van der Waals surface area contributed by atoms with E-state index >= 15 is 0 Å². The van der Waals surface area contributed by atoms with Gasteiger partial charge in [-0.15, -0.1) is 5.10 Å². The van der Waals surface area contributed by atoms with Crippen LogP contribution in [0.5, 0.6) is 0 Å². The number of hydrogen-bond acceptors (Lipinski definition) is 6. The lowest BCUT2D eigenvalue weighted by atomic mass is 9.83. The van der Waals surface area contributed by atoms with Crippen molar-refractivity contribution in [3.63, 3.8) is 0 Å². The average molecular weight is 348 g/mol. The molecule has 2 heterocycles. The highest BCUT2D eigenvalue weighted by Crippen LogP contribution is 2.39. The molecule has 0 spiro atoms. The third-order valence-corrected chi connectivity index (χ3v) is 5.28. The van der Waals surface area contributed by atoms with Gasteiger partial charge in [0.05, 0.1) is 12.2 Å². The first-order valence-electron chi connectivity index (χ1n) is 8.61. The highest BCUT2D eigenvalue weighted by Gasteiger charge is 2.42.